The second-order valence-electron chi connectivity index (χ2n) is 2.81. The lowest BCUT2D eigenvalue weighted by atomic mass is 9.97. The molecule has 0 aromatic heterocycles. The van der Waals surface area contributed by atoms with Gasteiger partial charge in [0.1, 0.15) is 0 Å². The average molecular weight is 275 g/mol. The Morgan fingerprint density at radius 3 is 1.71 bits per heavy atom. The molecule has 0 bridgehead atoms. The van der Waals surface area contributed by atoms with E-state index in [0.717, 1.165) is 5.32 Å². The molecule has 0 aliphatic rings. The van der Waals surface area contributed by atoms with Gasteiger partial charge in [-0.25, -0.2) is 0 Å². The molecule has 11 heteroatoms. The van der Waals surface area contributed by atoms with Crippen LogP contribution >= 0.6 is 0 Å². The zero-order valence-corrected chi connectivity index (χ0v) is 7.92. The SMILES string of the molecule is CNC(=O)C(C(F)(F)F)C(F)(OF)C(F)(F)F. The minimum Gasteiger partial charge on any atom is -0.358 e. The Kier molecular flexibility index (Phi) is 4.32. The van der Waals surface area contributed by atoms with E-state index in [2.05, 4.69) is 0 Å². The summed E-state index contributed by atoms with van der Waals surface area (Å²) in [6.07, 6.45) is -12.4. The first-order valence-electron chi connectivity index (χ1n) is 3.75. The molecule has 0 aliphatic carbocycles. The zero-order valence-electron chi connectivity index (χ0n) is 7.92. The van der Waals surface area contributed by atoms with Crippen LogP contribution in [0, 0.1) is 5.92 Å². The van der Waals surface area contributed by atoms with Crippen LogP contribution in [0.5, 0.6) is 0 Å². The van der Waals surface area contributed by atoms with Crippen LogP contribution < -0.4 is 5.32 Å². The van der Waals surface area contributed by atoms with E-state index in [1.165, 1.54) is 0 Å². The van der Waals surface area contributed by atoms with Gasteiger partial charge in [0, 0.05) is 7.05 Å². The van der Waals surface area contributed by atoms with Crippen molar-refractivity contribution in [3.05, 3.63) is 0 Å². The van der Waals surface area contributed by atoms with Crippen LogP contribution in [0.4, 0.5) is 35.3 Å². The Morgan fingerprint density at radius 2 is 1.53 bits per heavy atom. The molecule has 2 atom stereocenters. The van der Waals surface area contributed by atoms with E-state index < -0.39 is 30.0 Å². The summed E-state index contributed by atoms with van der Waals surface area (Å²) in [5, 5.41) is 1.14. The van der Waals surface area contributed by atoms with Crippen LogP contribution in [-0.4, -0.2) is 31.2 Å². The summed E-state index contributed by atoms with van der Waals surface area (Å²) in [6, 6.07) is 0. The predicted octanol–water partition coefficient (Wildman–Crippen LogP) is 2.04. The topological polar surface area (TPSA) is 38.3 Å². The van der Waals surface area contributed by atoms with E-state index in [1.807, 2.05) is 0 Å². The van der Waals surface area contributed by atoms with E-state index in [4.69, 9.17) is 0 Å². The fraction of sp³-hybridized carbons (Fsp3) is 0.833. The first kappa shape index (κ1) is 15.9. The fourth-order valence-electron chi connectivity index (χ4n) is 0.924. The summed E-state index contributed by atoms with van der Waals surface area (Å²) in [5.74, 6) is -12.6. The van der Waals surface area contributed by atoms with Gasteiger partial charge in [-0.15, -0.1) is 4.94 Å². The molecule has 0 aromatic carbocycles. The van der Waals surface area contributed by atoms with Gasteiger partial charge in [0.05, 0.1) is 0 Å². The molecule has 17 heavy (non-hydrogen) atoms. The molecular weight excluding hydrogens is 270 g/mol. The largest absolute Gasteiger partial charge is 0.452 e. The maximum Gasteiger partial charge on any atom is 0.452 e. The third-order valence-electron chi connectivity index (χ3n) is 1.71. The van der Waals surface area contributed by atoms with Crippen LogP contribution in [-0.2, 0) is 9.74 Å². The van der Waals surface area contributed by atoms with Crippen LogP contribution in [0.15, 0.2) is 0 Å². The minimum atomic E-state index is -6.38. The molecule has 0 heterocycles. The van der Waals surface area contributed by atoms with Crippen molar-refractivity contribution in [1.82, 2.24) is 5.32 Å². The van der Waals surface area contributed by atoms with Crippen molar-refractivity contribution in [2.75, 3.05) is 7.05 Å². The second kappa shape index (κ2) is 4.63. The molecule has 0 fully saturated rings. The number of hydrogen-bond donors (Lipinski definition) is 1. The van der Waals surface area contributed by atoms with E-state index in [-0.39, 0.29) is 0 Å². The maximum absolute atomic E-state index is 12.9. The molecule has 0 aliphatic heterocycles. The van der Waals surface area contributed by atoms with Crippen LogP contribution in [0.1, 0.15) is 0 Å². The Balaban J connectivity index is 5.66. The molecule has 3 nitrogen and oxygen atoms in total. The molecule has 102 valence electrons. The molecule has 0 radical (unpaired) electrons. The minimum absolute atomic E-state index is 0.524. The average Bonchev–Trinajstić information content (AvgIpc) is 2.13. The Labute approximate surface area is 88.6 Å². The number of halogens is 8. The van der Waals surface area contributed by atoms with Gasteiger partial charge in [-0.1, -0.05) is 0 Å². The van der Waals surface area contributed by atoms with E-state index >= 15 is 0 Å². The smallest absolute Gasteiger partial charge is 0.358 e. The van der Waals surface area contributed by atoms with Gasteiger partial charge in [-0.05, 0) is 4.53 Å². The van der Waals surface area contributed by atoms with Crippen molar-refractivity contribution in [2.45, 2.75) is 18.2 Å². The lowest BCUT2D eigenvalue weighted by Crippen LogP contribution is -2.58. The second-order valence-corrected chi connectivity index (χ2v) is 2.81. The molecule has 2 unspecified atom stereocenters. The standard InChI is InChI=1S/C6H5F8NO2/c1-15-3(16)2(5(8,9)10)4(7,17-14)6(11,12)13/h2H,1H3,(H,15,16). The summed E-state index contributed by atoms with van der Waals surface area (Å²) in [7, 11) is 0.524. The summed E-state index contributed by atoms with van der Waals surface area (Å²) in [5.41, 5.74) is 0. The van der Waals surface area contributed by atoms with Gasteiger partial charge in [-0.2, -0.15) is 30.7 Å². The number of nitrogens with one attached hydrogen (secondary N) is 1. The summed E-state index contributed by atoms with van der Waals surface area (Å²) in [6.45, 7) is 0. The van der Waals surface area contributed by atoms with Crippen LogP contribution in [0.3, 0.4) is 0 Å². The predicted molar refractivity (Wildman–Crippen MR) is 35.7 cm³/mol. The highest BCUT2D eigenvalue weighted by Gasteiger charge is 2.73. The van der Waals surface area contributed by atoms with E-state index in [1.54, 1.807) is 4.94 Å². The Bertz CT molecular complexity index is 287. The van der Waals surface area contributed by atoms with E-state index in [0.29, 0.717) is 7.05 Å². The first-order valence-corrected chi connectivity index (χ1v) is 3.75. The van der Waals surface area contributed by atoms with Gasteiger partial charge in [0.2, 0.25) is 11.8 Å². The molecule has 1 N–H and O–H groups in total. The van der Waals surface area contributed by atoms with Crippen molar-refractivity contribution in [2.24, 2.45) is 5.92 Å². The highest BCUT2D eigenvalue weighted by molar-refractivity contribution is 5.80. The number of rotatable bonds is 3. The monoisotopic (exact) mass is 275 g/mol. The number of hydrogen-bond acceptors (Lipinski definition) is 2. The zero-order chi connectivity index (χ0) is 14.1. The number of carbonyl (C=O) groups excluding carboxylic acids is 1. The number of amides is 1. The van der Waals surface area contributed by atoms with Gasteiger partial charge in [-0.3, -0.25) is 4.79 Å². The Morgan fingerprint density at radius 1 is 1.12 bits per heavy atom. The lowest BCUT2D eigenvalue weighted by molar-refractivity contribution is -0.435. The van der Waals surface area contributed by atoms with Crippen molar-refractivity contribution >= 4 is 5.91 Å². The molecule has 0 spiro atoms. The van der Waals surface area contributed by atoms with Gasteiger partial charge in [0.15, 0.2) is 0 Å². The van der Waals surface area contributed by atoms with Crippen molar-refractivity contribution in [3.8, 4) is 0 Å². The number of carbonyl (C=O) groups is 1. The highest BCUT2D eigenvalue weighted by Crippen LogP contribution is 2.47. The fourth-order valence-corrected chi connectivity index (χ4v) is 0.924. The molecule has 0 aromatic rings. The van der Waals surface area contributed by atoms with E-state index in [9.17, 15) is 40.1 Å². The molecule has 0 saturated heterocycles. The van der Waals surface area contributed by atoms with Gasteiger partial charge < -0.3 is 5.32 Å². The third-order valence-corrected chi connectivity index (χ3v) is 1.71. The normalized spacial score (nSPS) is 18.4. The molecular formula is C6H5F8NO2. The lowest BCUT2D eigenvalue weighted by Gasteiger charge is -2.31. The van der Waals surface area contributed by atoms with Crippen LogP contribution in [0.2, 0.25) is 0 Å². The van der Waals surface area contributed by atoms with Gasteiger partial charge >= 0.3 is 18.2 Å². The summed E-state index contributed by atoms with van der Waals surface area (Å²) in [4.78, 5) is 12.3. The summed E-state index contributed by atoms with van der Waals surface area (Å²) >= 11 is 0. The van der Waals surface area contributed by atoms with Crippen molar-refractivity contribution < 1.29 is 45.0 Å². The first-order chi connectivity index (χ1) is 7.41. The molecule has 1 amide bonds. The van der Waals surface area contributed by atoms with Crippen LogP contribution in [0.25, 0.3) is 0 Å². The maximum atomic E-state index is 12.9. The Hall–Kier alpha value is -1.13. The van der Waals surface area contributed by atoms with Crippen molar-refractivity contribution in [1.29, 1.82) is 0 Å². The number of alkyl halides is 7. The quantitative estimate of drug-likeness (QED) is 0.800. The highest BCUT2D eigenvalue weighted by atomic mass is 19.4. The molecule has 0 rings (SSSR count). The van der Waals surface area contributed by atoms with Crippen molar-refractivity contribution in [3.63, 3.8) is 0 Å². The van der Waals surface area contributed by atoms with Gasteiger partial charge in [0.25, 0.3) is 0 Å². The third kappa shape index (κ3) is 2.96. The summed E-state index contributed by atoms with van der Waals surface area (Å²) < 4.78 is 96.7. The molecule has 0 saturated carbocycles.